The average molecular weight is 312 g/mol. The maximum absolute atomic E-state index is 12.4. The van der Waals surface area contributed by atoms with Crippen LogP contribution in [0.4, 0.5) is 0 Å². The Kier molecular flexibility index (Phi) is 4.46. The molecule has 0 spiro atoms. The van der Waals surface area contributed by atoms with Gasteiger partial charge in [-0.1, -0.05) is 30.3 Å². The molecule has 1 aliphatic carbocycles. The number of hydrogen-bond acceptors (Lipinski definition) is 3. The monoisotopic (exact) mass is 312 g/mol. The van der Waals surface area contributed by atoms with E-state index in [-0.39, 0.29) is 23.6 Å². The SMILES string of the molecule is Cc1ccoc1C(=O)N[C@@H](Cc1ccccc1)C(=O)NC1CC1. The molecule has 0 saturated heterocycles. The lowest BCUT2D eigenvalue weighted by Gasteiger charge is -2.18. The van der Waals surface area contributed by atoms with Gasteiger partial charge in [0.05, 0.1) is 6.26 Å². The van der Waals surface area contributed by atoms with Crippen molar-refractivity contribution in [3.8, 4) is 0 Å². The van der Waals surface area contributed by atoms with Crippen molar-refractivity contribution in [2.45, 2.75) is 38.3 Å². The Balaban J connectivity index is 1.72. The van der Waals surface area contributed by atoms with E-state index in [9.17, 15) is 9.59 Å². The van der Waals surface area contributed by atoms with Gasteiger partial charge in [-0.2, -0.15) is 0 Å². The predicted molar refractivity (Wildman–Crippen MR) is 86.0 cm³/mol. The van der Waals surface area contributed by atoms with Crippen LogP contribution in [0, 0.1) is 6.92 Å². The van der Waals surface area contributed by atoms with Crippen LogP contribution in [0.1, 0.15) is 34.5 Å². The molecular formula is C18H20N2O3. The van der Waals surface area contributed by atoms with Crippen LogP contribution < -0.4 is 10.6 Å². The smallest absolute Gasteiger partial charge is 0.287 e. The maximum Gasteiger partial charge on any atom is 0.287 e. The highest BCUT2D eigenvalue weighted by molar-refractivity contribution is 5.96. The number of carbonyl (C=O) groups is 2. The van der Waals surface area contributed by atoms with Gasteiger partial charge in [0.15, 0.2) is 5.76 Å². The van der Waals surface area contributed by atoms with E-state index in [1.54, 1.807) is 13.0 Å². The van der Waals surface area contributed by atoms with E-state index >= 15 is 0 Å². The molecule has 0 radical (unpaired) electrons. The standard InChI is InChI=1S/C18H20N2O3/c1-12-9-10-23-16(12)18(22)20-15(17(21)19-14-7-8-14)11-13-5-3-2-4-6-13/h2-6,9-10,14-15H,7-8,11H2,1H3,(H,19,21)(H,20,22)/t15-/m0/s1. The number of furan rings is 1. The summed E-state index contributed by atoms with van der Waals surface area (Å²) in [6.07, 6.45) is 3.94. The first kappa shape index (κ1) is 15.3. The first-order valence-corrected chi connectivity index (χ1v) is 7.83. The molecule has 1 aromatic heterocycles. The van der Waals surface area contributed by atoms with E-state index in [0.717, 1.165) is 24.0 Å². The molecule has 1 aliphatic rings. The van der Waals surface area contributed by atoms with Gasteiger partial charge in [0.2, 0.25) is 5.91 Å². The lowest BCUT2D eigenvalue weighted by atomic mass is 10.0. The largest absolute Gasteiger partial charge is 0.459 e. The predicted octanol–water partition coefficient (Wildman–Crippen LogP) is 2.21. The Hall–Kier alpha value is -2.56. The summed E-state index contributed by atoms with van der Waals surface area (Å²) in [7, 11) is 0. The molecular weight excluding hydrogens is 292 g/mol. The van der Waals surface area contributed by atoms with Crippen LogP contribution in [0.5, 0.6) is 0 Å². The Labute approximate surface area is 135 Å². The molecule has 3 rings (SSSR count). The molecule has 1 aromatic carbocycles. The molecule has 0 unspecified atom stereocenters. The van der Waals surface area contributed by atoms with Crippen LogP contribution in [0.3, 0.4) is 0 Å². The fourth-order valence-electron chi connectivity index (χ4n) is 2.42. The zero-order valence-electron chi connectivity index (χ0n) is 13.0. The quantitative estimate of drug-likeness (QED) is 0.859. The van der Waals surface area contributed by atoms with Gasteiger partial charge in [-0.15, -0.1) is 0 Å². The van der Waals surface area contributed by atoms with E-state index in [1.165, 1.54) is 6.26 Å². The molecule has 2 amide bonds. The van der Waals surface area contributed by atoms with E-state index in [0.29, 0.717) is 6.42 Å². The van der Waals surface area contributed by atoms with Crippen LogP contribution >= 0.6 is 0 Å². The molecule has 120 valence electrons. The minimum atomic E-state index is -0.616. The first-order valence-electron chi connectivity index (χ1n) is 7.83. The summed E-state index contributed by atoms with van der Waals surface area (Å²) in [6, 6.07) is 11.0. The number of carbonyl (C=O) groups excluding carboxylic acids is 2. The van der Waals surface area contributed by atoms with E-state index < -0.39 is 6.04 Å². The fraction of sp³-hybridized carbons (Fsp3) is 0.333. The number of hydrogen-bond donors (Lipinski definition) is 2. The molecule has 5 nitrogen and oxygen atoms in total. The van der Waals surface area contributed by atoms with Gasteiger partial charge in [-0.3, -0.25) is 9.59 Å². The van der Waals surface area contributed by atoms with Gasteiger partial charge in [0.25, 0.3) is 5.91 Å². The second kappa shape index (κ2) is 6.69. The molecule has 1 atom stereocenters. The van der Waals surface area contributed by atoms with Crippen molar-refractivity contribution in [3.05, 3.63) is 59.5 Å². The molecule has 2 N–H and O–H groups in total. The highest BCUT2D eigenvalue weighted by atomic mass is 16.3. The Bertz CT molecular complexity index is 689. The van der Waals surface area contributed by atoms with Gasteiger partial charge in [-0.05, 0) is 31.4 Å². The van der Waals surface area contributed by atoms with E-state index in [4.69, 9.17) is 4.42 Å². The van der Waals surface area contributed by atoms with Crippen LogP contribution in [-0.2, 0) is 11.2 Å². The zero-order valence-corrected chi connectivity index (χ0v) is 13.0. The second-order valence-electron chi connectivity index (χ2n) is 5.93. The second-order valence-corrected chi connectivity index (χ2v) is 5.93. The minimum absolute atomic E-state index is 0.145. The van der Waals surface area contributed by atoms with Crippen molar-refractivity contribution in [3.63, 3.8) is 0 Å². The van der Waals surface area contributed by atoms with Crippen LogP contribution in [0.2, 0.25) is 0 Å². The summed E-state index contributed by atoms with van der Waals surface area (Å²) in [4.78, 5) is 24.8. The van der Waals surface area contributed by atoms with Crippen molar-refractivity contribution in [2.24, 2.45) is 0 Å². The normalized spacial score (nSPS) is 15.0. The Morgan fingerprint density at radius 1 is 1.22 bits per heavy atom. The summed E-state index contributed by atoms with van der Waals surface area (Å²) in [5, 5.41) is 5.75. The summed E-state index contributed by atoms with van der Waals surface area (Å²) in [6.45, 7) is 1.80. The third-order valence-electron chi connectivity index (χ3n) is 3.90. The number of rotatable bonds is 6. The van der Waals surface area contributed by atoms with Crippen LogP contribution in [-0.4, -0.2) is 23.9 Å². The third kappa shape index (κ3) is 4.00. The van der Waals surface area contributed by atoms with Crippen molar-refractivity contribution in [2.75, 3.05) is 0 Å². The van der Waals surface area contributed by atoms with Gasteiger partial charge in [0, 0.05) is 18.0 Å². The maximum atomic E-state index is 12.4. The van der Waals surface area contributed by atoms with Gasteiger partial charge >= 0.3 is 0 Å². The van der Waals surface area contributed by atoms with Crippen molar-refractivity contribution in [1.82, 2.24) is 10.6 Å². The number of benzene rings is 1. The van der Waals surface area contributed by atoms with E-state index in [2.05, 4.69) is 10.6 Å². The van der Waals surface area contributed by atoms with Crippen LogP contribution in [0.25, 0.3) is 0 Å². The van der Waals surface area contributed by atoms with Gasteiger partial charge in [0.1, 0.15) is 6.04 Å². The lowest BCUT2D eigenvalue weighted by Crippen LogP contribution is -2.48. The van der Waals surface area contributed by atoms with Crippen LogP contribution in [0.15, 0.2) is 47.1 Å². The molecule has 1 fully saturated rings. The van der Waals surface area contributed by atoms with Gasteiger partial charge in [-0.25, -0.2) is 0 Å². The van der Waals surface area contributed by atoms with Crippen molar-refractivity contribution >= 4 is 11.8 Å². The molecule has 1 saturated carbocycles. The van der Waals surface area contributed by atoms with Crippen molar-refractivity contribution < 1.29 is 14.0 Å². The summed E-state index contributed by atoms with van der Waals surface area (Å²) < 4.78 is 5.21. The molecule has 0 aliphatic heterocycles. The zero-order chi connectivity index (χ0) is 16.2. The summed E-state index contributed by atoms with van der Waals surface area (Å²) >= 11 is 0. The number of nitrogens with one attached hydrogen (secondary N) is 2. The molecule has 23 heavy (non-hydrogen) atoms. The lowest BCUT2D eigenvalue weighted by molar-refractivity contribution is -0.123. The average Bonchev–Trinajstić information content (AvgIpc) is 3.25. The Morgan fingerprint density at radius 3 is 2.57 bits per heavy atom. The van der Waals surface area contributed by atoms with Crippen molar-refractivity contribution in [1.29, 1.82) is 0 Å². The highest BCUT2D eigenvalue weighted by Gasteiger charge is 2.29. The minimum Gasteiger partial charge on any atom is -0.459 e. The van der Waals surface area contributed by atoms with E-state index in [1.807, 2.05) is 30.3 Å². The Morgan fingerprint density at radius 2 is 1.96 bits per heavy atom. The molecule has 2 aromatic rings. The first-order chi connectivity index (χ1) is 11.1. The fourth-order valence-corrected chi connectivity index (χ4v) is 2.42. The van der Waals surface area contributed by atoms with Gasteiger partial charge < -0.3 is 15.1 Å². The molecule has 0 bridgehead atoms. The third-order valence-corrected chi connectivity index (χ3v) is 3.90. The topological polar surface area (TPSA) is 71.3 Å². The number of aryl methyl sites for hydroxylation is 1. The number of amides is 2. The summed E-state index contributed by atoms with van der Waals surface area (Å²) in [5.41, 5.74) is 1.75. The molecule has 1 heterocycles. The highest BCUT2D eigenvalue weighted by Crippen LogP contribution is 2.19. The molecule has 5 heteroatoms. The summed E-state index contributed by atoms with van der Waals surface area (Å²) in [5.74, 6) is -0.254.